The molecule has 22 heavy (non-hydrogen) atoms. The highest BCUT2D eigenvalue weighted by Gasteiger charge is 2.09. The summed E-state index contributed by atoms with van der Waals surface area (Å²) in [6, 6.07) is 5.79. The second kappa shape index (κ2) is 7.16. The third kappa shape index (κ3) is 3.38. The molecule has 0 unspecified atom stereocenters. The van der Waals surface area contributed by atoms with Crippen LogP contribution in [0.5, 0.6) is 5.88 Å². The number of pyridine rings is 1. The number of nitrogens with one attached hydrogen (secondary N) is 1. The number of carbonyl (C=O) groups is 1. The minimum atomic E-state index is -0.250. The Morgan fingerprint density at radius 1 is 1.32 bits per heavy atom. The summed E-state index contributed by atoms with van der Waals surface area (Å²) in [6.45, 7) is 4.18. The number of aromatic amines is 1. The number of aryl methyl sites for hydroxylation is 1. The minimum absolute atomic E-state index is 0.250. The monoisotopic (exact) mass is 300 g/mol. The topological polar surface area (TPSA) is 101 Å². The second-order valence-corrected chi connectivity index (χ2v) is 4.28. The van der Waals surface area contributed by atoms with E-state index in [0.29, 0.717) is 12.5 Å². The Bertz CT molecular complexity index is 753. The van der Waals surface area contributed by atoms with Crippen molar-refractivity contribution in [3.05, 3.63) is 36.4 Å². The third-order valence-corrected chi connectivity index (χ3v) is 2.83. The first-order valence-electron chi connectivity index (χ1n) is 6.68. The molecule has 0 fully saturated rings. The molecule has 0 aromatic carbocycles. The molecule has 0 atom stereocenters. The van der Waals surface area contributed by atoms with Gasteiger partial charge in [-0.15, -0.1) is 0 Å². The fourth-order valence-electron chi connectivity index (χ4n) is 2.03. The molecule has 3 heterocycles. The largest absolute Gasteiger partial charge is 0.483 e. The summed E-state index contributed by atoms with van der Waals surface area (Å²) in [4.78, 5) is 24.6. The number of hydrogen-bond donors (Lipinski definition) is 2. The van der Waals surface area contributed by atoms with Crippen molar-refractivity contribution in [2.24, 2.45) is 0 Å². The predicted molar refractivity (Wildman–Crippen MR) is 81.7 cm³/mol. The van der Waals surface area contributed by atoms with Crippen molar-refractivity contribution in [3.63, 3.8) is 0 Å². The lowest BCUT2D eigenvalue weighted by molar-refractivity contribution is -0.122. The summed E-state index contributed by atoms with van der Waals surface area (Å²) < 4.78 is 5.34. The van der Waals surface area contributed by atoms with Gasteiger partial charge in [0.1, 0.15) is 11.5 Å². The molecular formula is C15H16N4O3. The SMILES string of the molecule is CCOc1ccc(-c2nc(C)nc3[nH]ccc23)cn1.O=CO. The van der Waals surface area contributed by atoms with Crippen molar-refractivity contribution in [1.82, 2.24) is 19.9 Å². The zero-order valence-corrected chi connectivity index (χ0v) is 12.3. The first kappa shape index (κ1) is 15.4. The van der Waals surface area contributed by atoms with E-state index in [1.807, 2.05) is 38.2 Å². The highest BCUT2D eigenvalue weighted by atomic mass is 16.5. The Labute approximate surface area is 127 Å². The number of fused-ring (bicyclic) bond motifs is 1. The van der Waals surface area contributed by atoms with Gasteiger partial charge in [-0.3, -0.25) is 4.79 Å². The Hall–Kier alpha value is -2.96. The maximum atomic E-state index is 8.36. The number of nitrogens with zero attached hydrogens (tertiary/aromatic N) is 3. The van der Waals surface area contributed by atoms with Crippen LogP contribution in [0.2, 0.25) is 0 Å². The van der Waals surface area contributed by atoms with Gasteiger partial charge in [0.05, 0.1) is 12.3 Å². The van der Waals surface area contributed by atoms with Gasteiger partial charge < -0.3 is 14.8 Å². The Kier molecular flexibility index (Phi) is 5.02. The van der Waals surface area contributed by atoms with Crippen LogP contribution in [0.25, 0.3) is 22.3 Å². The zero-order valence-electron chi connectivity index (χ0n) is 12.3. The summed E-state index contributed by atoms with van der Waals surface area (Å²) in [5, 5.41) is 7.89. The van der Waals surface area contributed by atoms with E-state index in [1.165, 1.54) is 0 Å². The van der Waals surface area contributed by atoms with Crippen LogP contribution in [0, 0.1) is 6.92 Å². The van der Waals surface area contributed by atoms with E-state index in [1.54, 1.807) is 6.20 Å². The van der Waals surface area contributed by atoms with Gasteiger partial charge in [0.25, 0.3) is 6.47 Å². The minimum Gasteiger partial charge on any atom is -0.483 e. The molecule has 0 bridgehead atoms. The maximum Gasteiger partial charge on any atom is 0.290 e. The summed E-state index contributed by atoms with van der Waals surface area (Å²) in [6.07, 6.45) is 3.64. The number of aromatic nitrogens is 4. The van der Waals surface area contributed by atoms with Crippen LogP contribution in [-0.4, -0.2) is 38.1 Å². The normalized spacial score (nSPS) is 9.91. The van der Waals surface area contributed by atoms with Crippen LogP contribution < -0.4 is 4.74 Å². The van der Waals surface area contributed by atoms with Gasteiger partial charge in [-0.25, -0.2) is 15.0 Å². The number of carboxylic acid groups (broad SMARTS) is 1. The second-order valence-electron chi connectivity index (χ2n) is 4.28. The van der Waals surface area contributed by atoms with Crippen LogP contribution in [-0.2, 0) is 4.79 Å². The summed E-state index contributed by atoms with van der Waals surface area (Å²) in [5.41, 5.74) is 2.69. The van der Waals surface area contributed by atoms with E-state index in [2.05, 4.69) is 19.9 Å². The molecule has 0 aliphatic rings. The van der Waals surface area contributed by atoms with Gasteiger partial charge >= 0.3 is 0 Å². The zero-order chi connectivity index (χ0) is 15.9. The highest BCUT2D eigenvalue weighted by Crippen LogP contribution is 2.25. The lowest BCUT2D eigenvalue weighted by Gasteiger charge is -2.05. The lowest BCUT2D eigenvalue weighted by Crippen LogP contribution is -1.96. The fourth-order valence-corrected chi connectivity index (χ4v) is 2.03. The molecule has 0 spiro atoms. The molecule has 2 N–H and O–H groups in total. The molecule has 0 aliphatic carbocycles. The average molecular weight is 300 g/mol. The molecule has 7 heteroatoms. The van der Waals surface area contributed by atoms with Crippen molar-refractivity contribution in [1.29, 1.82) is 0 Å². The number of rotatable bonds is 3. The first-order chi connectivity index (χ1) is 10.7. The van der Waals surface area contributed by atoms with Crippen LogP contribution in [0.1, 0.15) is 12.7 Å². The van der Waals surface area contributed by atoms with Crippen molar-refractivity contribution in [2.75, 3.05) is 6.61 Å². The highest BCUT2D eigenvalue weighted by molar-refractivity contribution is 5.90. The van der Waals surface area contributed by atoms with E-state index in [9.17, 15) is 0 Å². The van der Waals surface area contributed by atoms with Crippen molar-refractivity contribution < 1.29 is 14.6 Å². The average Bonchev–Trinajstić information content (AvgIpc) is 2.96. The first-order valence-corrected chi connectivity index (χ1v) is 6.68. The Morgan fingerprint density at radius 2 is 2.09 bits per heavy atom. The van der Waals surface area contributed by atoms with E-state index < -0.39 is 0 Å². The van der Waals surface area contributed by atoms with Crippen LogP contribution in [0.4, 0.5) is 0 Å². The van der Waals surface area contributed by atoms with Gasteiger partial charge in [-0.05, 0) is 26.0 Å². The molecule has 0 amide bonds. The molecular weight excluding hydrogens is 284 g/mol. The summed E-state index contributed by atoms with van der Waals surface area (Å²) in [7, 11) is 0. The number of ether oxygens (including phenoxy) is 1. The van der Waals surface area contributed by atoms with Gasteiger partial charge in [-0.2, -0.15) is 0 Å². The third-order valence-electron chi connectivity index (χ3n) is 2.83. The smallest absolute Gasteiger partial charge is 0.290 e. The van der Waals surface area contributed by atoms with E-state index >= 15 is 0 Å². The van der Waals surface area contributed by atoms with E-state index in [4.69, 9.17) is 14.6 Å². The maximum absolute atomic E-state index is 8.36. The molecule has 0 saturated heterocycles. The van der Waals surface area contributed by atoms with Crippen molar-refractivity contribution in [3.8, 4) is 17.1 Å². The van der Waals surface area contributed by atoms with Crippen molar-refractivity contribution in [2.45, 2.75) is 13.8 Å². The van der Waals surface area contributed by atoms with Crippen molar-refractivity contribution >= 4 is 17.5 Å². The molecule has 0 saturated carbocycles. The number of hydrogen-bond acceptors (Lipinski definition) is 5. The van der Waals surface area contributed by atoms with Gasteiger partial charge in [0, 0.05) is 29.4 Å². The molecule has 3 aromatic heterocycles. The fraction of sp³-hybridized carbons (Fsp3) is 0.200. The summed E-state index contributed by atoms with van der Waals surface area (Å²) in [5.74, 6) is 1.36. The van der Waals surface area contributed by atoms with E-state index in [-0.39, 0.29) is 6.47 Å². The molecule has 3 aromatic rings. The number of H-pyrrole nitrogens is 1. The molecule has 3 rings (SSSR count). The van der Waals surface area contributed by atoms with Gasteiger partial charge in [-0.1, -0.05) is 0 Å². The standard InChI is InChI=1S/C14H14N4O.CH2O2/c1-3-19-12-5-4-10(8-16-12)13-11-6-7-15-14(11)18-9(2)17-13;2-1-3/h4-8H,3H2,1-2H3,(H,15,17,18);1H,(H,2,3). The van der Waals surface area contributed by atoms with Crippen LogP contribution in [0.15, 0.2) is 30.6 Å². The van der Waals surface area contributed by atoms with Crippen LogP contribution >= 0.6 is 0 Å². The molecule has 0 aliphatic heterocycles. The lowest BCUT2D eigenvalue weighted by atomic mass is 10.1. The quantitative estimate of drug-likeness (QED) is 0.720. The Morgan fingerprint density at radius 3 is 2.73 bits per heavy atom. The summed E-state index contributed by atoms with van der Waals surface area (Å²) >= 11 is 0. The Balaban J connectivity index is 0.000000545. The molecule has 0 radical (unpaired) electrons. The predicted octanol–water partition coefficient (Wildman–Crippen LogP) is 2.43. The molecule has 114 valence electrons. The van der Waals surface area contributed by atoms with Crippen LogP contribution in [0.3, 0.4) is 0 Å². The van der Waals surface area contributed by atoms with Gasteiger partial charge in [0.15, 0.2) is 0 Å². The molecule has 7 nitrogen and oxygen atoms in total. The van der Waals surface area contributed by atoms with E-state index in [0.717, 1.165) is 28.1 Å². The van der Waals surface area contributed by atoms with Gasteiger partial charge in [0.2, 0.25) is 5.88 Å².